The van der Waals surface area contributed by atoms with E-state index in [0.29, 0.717) is 10.4 Å². The number of alkyl halides is 3. The normalized spacial score (nSPS) is 11.5. The predicted octanol–water partition coefficient (Wildman–Crippen LogP) is 2.73. The molecule has 1 N–H and O–H groups in total. The third kappa shape index (κ3) is 3.52. The Labute approximate surface area is 139 Å². The third-order valence-corrected chi connectivity index (χ3v) is 3.51. The van der Waals surface area contributed by atoms with E-state index >= 15 is 0 Å². The molecule has 128 valence electrons. The highest BCUT2D eigenvalue weighted by atomic mass is 19.4. The number of hydrogen-bond acceptors (Lipinski definition) is 3. The largest absolute Gasteiger partial charge is 0.435 e. The average Bonchev–Trinajstić information content (AvgIpc) is 2.57. The van der Waals surface area contributed by atoms with Gasteiger partial charge in [0.2, 0.25) is 5.91 Å². The van der Waals surface area contributed by atoms with Crippen LogP contribution in [-0.2, 0) is 17.4 Å². The Morgan fingerprint density at radius 1 is 1.00 bits per heavy atom. The second kappa shape index (κ2) is 6.39. The van der Waals surface area contributed by atoms with Crippen molar-refractivity contribution in [1.29, 1.82) is 0 Å². The number of hydrogen-bond donors (Lipinski definition) is 1. The van der Waals surface area contributed by atoms with Gasteiger partial charge >= 0.3 is 6.18 Å². The highest BCUT2D eigenvalue weighted by molar-refractivity contribution is 5.87. The van der Waals surface area contributed by atoms with Crippen LogP contribution >= 0.6 is 0 Å². The van der Waals surface area contributed by atoms with Gasteiger partial charge in [-0.3, -0.25) is 9.59 Å². The zero-order chi connectivity index (χ0) is 18.0. The van der Waals surface area contributed by atoms with Gasteiger partial charge < -0.3 is 0 Å². The van der Waals surface area contributed by atoms with E-state index in [2.05, 4.69) is 10.5 Å². The summed E-state index contributed by atoms with van der Waals surface area (Å²) < 4.78 is 39.7. The van der Waals surface area contributed by atoms with Crippen LogP contribution in [0.25, 0.3) is 10.8 Å². The fourth-order valence-corrected chi connectivity index (χ4v) is 2.41. The standard InChI is InChI=1S/C17H12F3N3O2/c18-17(19,20)15-12-8-4-5-9-13(12)16(25)23(22-15)21-14(24)10-11-6-2-1-3-7-11/h1-9H,10H2,(H,21,24). The Hall–Kier alpha value is -3.16. The van der Waals surface area contributed by atoms with E-state index in [-0.39, 0.29) is 17.2 Å². The van der Waals surface area contributed by atoms with Crippen molar-refractivity contribution in [2.75, 3.05) is 5.43 Å². The number of carbonyl (C=O) groups excluding carboxylic acids is 1. The summed E-state index contributed by atoms with van der Waals surface area (Å²) in [6.45, 7) is 0. The van der Waals surface area contributed by atoms with E-state index in [4.69, 9.17) is 0 Å². The number of fused-ring (bicyclic) bond motifs is 1. The minimum atomic E-state index is -4.76. The number of halogens is 3. The molecule has 0 bridgehead atoms. The van der Waals surface area contributed by atoms with Crippen molar-refractivity contribution in [2.45, 2.75) is 12.6 Å². The average molecular weight is 347 g/mol. The Bertz CT molecular complexity index is 982. The van der Waals surface area contributed by atoms with Crippen LogP contribution in [0.15, 0.2) is 59.4 Å². The summed E-state index contributed by atoms with van der Waals surface area (Å²) in [4.78, 5) is 24.7. The first-order valence-electron chi connectivity index (χ1n) is 7.29. The molecular weight excluding hydrogens is 335 g/mol. The third-order valence-electron chi connectivity index (χ3n) is 3.51. The number of nitrogens with one attached hydrogen (secondary N) is 1. The maximum Gasteiger partial charge on any atom is 0.435 e. The molecule has 0 saturated heterocycles. The van der Waals surface area contributed by atoms with Crippen molar-refractivity contribution >= 4 is 16.7 Å². The van der Waals surface area contributed by atoms with Crippen LogP contribution in [0.1, 0.15) is 11.3 Å². The van der Waals surface area contributed by atoms with Crippen LogP contribution in [0.5, 0.6) is 0 Å². The number of rotatable bonds is 3. The van der Waals surface area contributed by atoms with Crippen molar-refractivity contribution in [2.24, 2.45) is 0 Å². The van der Waals surface area contributed by atoms with E-state index in [1.54, 1.807) is 30.3 Å². The summed E-state index contributed by atoms with van der Waals surface area (Å²) in [5, 5.41) is 2.81. The molecule has 0 fully saturated rings. The Morgan fingerprint density at radius 2 is 1.60 bits per heavy atom. The minimum absolute atomic E-state index is 0.0941. The molecule has 0 unspecified atom stereocenters. The molecular formula is C17H12F3N3O2. The van der Waals surface area contributed by atoms with Gasteiger partial charge in [0.25, 0.3) is 5.56 Å². The summed E-state index contributed by atoms with van der Waals surface area (Å²) in [5.41, 5.74) is 0.712. The topological polar surface area (TPSA) is 64.0 Å². The summed E-state index contributed by atoms with van der Waals surface area (Å²) in [6.07, 6.45) is -4.86. The Morgan fingerprint density at radius 3 is 2.24 bits per heavy atom. The summed E-state index contributed by atoms with van der Waals surface area (Å²) in [6, 6.07) is 13.9. The fraction of sp³-hybridized carbons (Fsp3) is 0.118. The van der Waals surface area contributed by atoms with Crippen LogP contribution in [0.2, 0.25) is 0 Å². The van der Waals surface area contributed by atoms with Crippen LogP contribution < -0.4 is 11.0 Å². The molecule has 5 nitrogen and oxygen atoms in total. The van der Waals surface area contributed by atoms with Crippen LogP contribution in [0, 0.1) is 0 Å². The minimum Gasteiger partial charge on any atom is -0.273 e. The number of aromatic nitrogens is 2. The lowest BCUT2D eigenvalue weighted by atomic mass is 10.1. The monoisotopic (exact) mass is 347 g/mol. The van der Waals surface area contributed by atoms with E-state index in [0.717, 1.165) is 0 Å². The Kier molecular flexibility index (Phi) is 4.26. The van der Waals surface area contributed by atoms with Gasteiger partial charge in [0, 0.05) is 5.39 Å². The molecule has 2 aromatic carbocycles. The Balaban J connectivity index is 2.00. The lowest BCUT2D eigenvalue weighted by Gasteiger charge is -2.13. The number of carbonyl (C=O) groups is 1. The molecule has 0 aliphatic heterocycles. The first kappa shape index (κ1) is 16.7. The second-order valence-corrected chi connectivity index (χ2v) is 5.31. The molecule has 3 rings (SSSR count). The SMILES string of the molecule is O=C(Cc1ccccc1)Nn1nc(C(F)(F)F)c2ccccc2c1=O. The summed E-state index contributed by atoms with van der Waals surface area (Å²) in [5.74, 6) is -0.649. The molecule has 1 aromatic heterocycles. The van der Waals surface area contributed by atoms with Crippen LogP contribution in [0.4, 0.5) is 13.2 Å². The van der Waals surface area contributed by atoms with Gasteiger partial charge in [-0.2, -0.15) is 13.2 Å². The van der Waals surface area contributed by atoms with Gasteiger partial charge in [0.15, 0.2) is 5.69 Å². The van der Waals surface area contributed by atoms with E-state index in [1.165, 1.54) is 24.3 Å². The molecule has 0 aliphatic carbocycles. The van der Waals surface area contributed by atoms with Crippen molar-refractivity contribution in [3.8, 4) is 0 Å². The van der Waals surface area contributed by atoms with Gasteiger partial charge in [-0.25, -0.2) is 5.43 Å². The highest BCUT2D eigenvalue weighted by Gasteiger charge is 2.36. The zero-order valence-corrected chi connectivity index (χ0v) is 12.7. The van der Waals surface area contributed by atoms with Gasteiger partial charge in [0.05, 0.1) is 11.8 Å². The van der Waals surface area contributed by atoms with E-state index in [1.807, 2.05) is 0 Å². The fourth-order valence-electron chi connectivity index (χ4n) is 2.41. The lowest BCUT2D eigenvalue weighted by Crippen LogP contribution is -2.37. The molecule has 0 aliphatic rings. The van der Waals surface area contributed by atoms with Crippen molar-refractivity contribution in [3.05, 3.63) is 76.2 Å². The summed E-state index contributed by atoms with van der Waals surface area (Å²) >= 11 is 0. The smallest absolute Gasteiger partial charge is 0.273 e. The van der Waals surface area contributed by atoms with E-state index in [9.17, 15) is 22.8 Å². The zero-order valence-electron chi connectivity index (χ0n) is 12.7. The molecule has 0 atom stereocenters. The molecule has 0 spiro atoms. The van der Waals surface area contributed by atoms with E-state index < -0.39 is 23.3 Å². The maximum atomic E-state index is 13.2. The van der Waals surface area contributed by atoms with Gasteiger partial charge in [-0.15, -0.1) is 9.89 Å². The molecule has 3 aromatic rings. The van der Waals surface area contributed by atoms with Crippen LogP contribution in [-0.4, -0.2) is 15.8 Å². The molecule has 1 amide bonds. The van der Waals surface area contributed by atoms with Gasteiger partial charge in [-0.05, 0) is 11.6 Å². The highest BCUT2D eigenvalue weighted by Crippen LogP contribution is 2.31. The van der Waals surface area contributed by atoms with Crippen molar-refractivity contribution in [3.63, 3.8) is 0 Å². The summed E-state index contributed by atoms with van der Waals surface area (Å²) in [7, 11) is 0. The first-order valence-corrected chi connectivity index (χ1v) is 7.29. The molecule has 0 saturated carbocycles. The maximum absolute atomic E-state index is 13.2. The van der Waals surface area contributed by atoms with Gasteiger partial charge in [0.1, 0.15) is 0 Å². The van der Waals surface area contributed by atoms with Crippen molar-refractivity contribution in [1.82, 2.24) is 9.89 Å². The molecule has 1 heterocycles. The number of nitrogens with zero attached hydrogens (tertiary/aromatic N) is 2. The second-order valence-electron chi connectivity index (χ2n) is 5.31. The lowest BCUT2D eigenvalue weighted by molar-refractivity contribution is -0.141. The first-order chi connectivity index (χ1) is 11.9. The molecule has 25 heavy (non-hydrogen) atoms. The quantitative estimate of drug-likeness (QED) is 0.792. The van der Waals surface area contributed by atoms with Crippen LogP contribution in [0.3, 0.4) is 0 Å². The molecule has 0 radical (unpaired) electrons. The van der Waals surface area contributed by atoms with Gasteiger partial charge in [-0.1, -0.05) is 48.5 Å². The predicted molar refractivity (Wildman–Crippen MR) is 85.5 cm³/mol. The molecule has 8 heteroatoms. The number of amides is 1. The number of benzene rings is 2. The van der Waals surface area contributed by atoms with Crippen molar-refractivity contribution < 1.29 is 18.0 Å².